The summed E-state index contributed by atoms with van der Waals surface area (Å²) in [5.74, 6) is 5.32. The minimum absolute atomic E-state index is 0.238. The van der Waals surface area contributed by atoms with Crippen molar-refractivity contribution in [3.63, 3.8) is 0 Å². The highest BCUT2D eigenvalue weighted by Gasteiger charge is 2.07. The molecule has 0 spiro atoms. The van der Waals surface area contributed by atoms with Gasteiger partial charge in [-0.2, -0.15) is 0 Å². The number of rotatable bonds is 3. The van der Waals surface area contributed by atoms with Gasteiger partial charge >= 0.3 is 0 Å². The van der Waals surface area contributed by atoms with Crippen molar-refractivity contribution in [2.45, 2.75) is 13.5 Å². The molecule has 0 bridgehead atoms. The molecule has 0 aliphatic heterocycles. The lowest BCUT2D eigenvalue weighted by atomic mass is 10.1. The second-order valence-electron chi connectivity index (χ2n) is 5.01. The van der Waals surface area contributed by atoms with Gasteiger partial charge in [-0.15, -0.1) is 0 Å². The highest BCUT2D eigenvalue weighted by atomic mass is 19.1. The third kappa shape index (κ3) is 4.08. The highest BCUT2D eigenvalue weighted by molar-refractivity contribution is 5.48. The molecule has 2 rings (SSSR count). The number of anilines is 1. The van der Waals surface area contributed by atoms with E-state index in [-0.39, 0.29) is 12.4 Å². The smallest absolute Gasteiger partial charge is 0.129 e. The van der Waals surface area contributed by atoms with Crippen LogP contribution in [-0.2, 0) is 6.54 Å². The maximum Gasteiger partial charge on any atom is 0.129 e. The molecule has 0 radical (unpaired) electrons. The molecule has 0 saturated heterocycles. The normalized spacial score (nSPS) is 9.90. The number of hydrogen-bond acceptors (Lipinski definition) is 2. The molecule has 0 heterocycles. The molecule has 0 fully saturated rings. The molecule has 3 heteroatoms. The van der Waals surface area contributed by atoms with Gasteiger partial charge in [-0.3, -0.25) is 0 Å². The van der Waals surface area contributed by atoms with Crippen molar-refractivity contribution in [1.82, 2.24) is 0 Å². The van der Waals surface area contributed by atoms with Crippen LogP contribution >= 0.6 is 0 Å². The largest absolute Gasteiger partial charge is 0.370 e. The van der Waals surface area contributed by atoms with Crippen molar-refractivity contribution < 1.29 is 4.39 Å². The third-order valence-electron chi connectivity index (χ3n) is 3.24. The zero-order chi connectivity index (χ0) is 15.2. The zero-order valence-electron chi connectivity index (χ0n) is 12.4. The SMILES string of the molecule is Cc1cccc(N(C)Cc2ccc(C#CCN)cc2F)c1. The molecule has 0 unspecified atom stereocenters. The molecular weight excluding hydrogens is 263 g/mol. The summed E-state index contributed by atoms with van der Waals surface area (Å²) >= 11 is 0. The van der Waals surface area contributed by atoms with Gasteiger partial charge in [0.15, 0.2) is 0 Å². The third-order valence-corrected chi connectivity index (χ3v) is 3.24. The average Bonchev–Trinajstić information content (AvgIpc) is 2.47. The number of nitrogens with zero attached hydrogens (tertiary/aromatic N) is 1. The van der Waals surface area contributed by atoms with Gasteiger partial charge in [0.05, 0.1) is 6.54 Å². The van der Waals surface area contributed by atoms with Crippen molar-refractivity contribution in [3.05, 3.63) is 65.0 Å². The number of hydrogen-bond donors (Lipinski definition) is 1. The Morgan fingerprint density at radius 2 is 2.00 bits per heavy atom. The molecule has 2 aromatic carbocycles. The predicted octanol–water partition coefficient (Wildman–Crippen LogP) is 3.08. The van der Waals surface area contributed by atoms with Crippen LogP contribution in [-0.4, -0.2) is 13.6 Å². The highest BCUT2D eigenvalue weighted by Crippen LogP contribution is 2.18. The van der Waals surface area contributed by atoms with E-state index in [9.17, 15) is 4.39 Å². The Morgan fingerprint density at radius 1 is 1.19 bits per heavy atom. The fourth-order valence-corrected chi connectivity index (χ4v) is 2.12. The Labute approximate surface area is 125 Å². The summed E-state index contributed by atoms with van der Waals surface area (Å²) in [6.07, 6.45) is 0. The molecule has 0 saturated carbocycles. The van der Waals surface area contributed by atoms with Crippen LogP contribution in [0.3, 0.4) is 0 Å². The number of nitrogens with two attached hydrogens (primary N) is 1. The quantitative estimate of drug-likeness (QED) is 0.877. The van der Waals surface area contributed by atoms with E-state index in [1.807, 2.05) is 43.1 Å². The Morgan fingerprint density at radius 3 is 2.67 bits per heavy atom. The van der Waals surface area contributed by atoms with Crippen molar-refractivity contribution in [2.75, 3.05) is 18.5 Å². The summed E-state index contributed by atoms with van der Waals surface area (Å²) in [6.45, 7) is 2.84. The summed E-state index contributed by atoms with van der Waals surface area (Å²) in [7, 11) is 1.95. The second-order valence-corrected chi connectivity index (χ2v) is 5.01. The van der Waals surface area contributed by atoms with Crippen LogP contribution in [0.4, 0.5) is 10.1 Å². The molecule has 108 valence electrons. The van der Waals surface area contributed by atoms with Crippen LogP contribution in [0, 0.1) is 24.6 Å². The molecule has 0 aliphatic carbocycles. The van der Waals surface area contributed by atoms with Crippen LogP contribution in [0.5, 0.6) is 0 Å². The number of benzene rings is 2. The Kier molecular flexibility index (Phi) is 4.97. The van der Waals surface area contributed by atoms with Gasteiger partial charge in [0.2, 0.25) is 0 Å². The molecular formula is C18H19FN2. The first-order valence-electron chi connectivity index (χ1n) is 6.85. The van der Waals surface area contributed by atoms with Gasteiger partial charge in [-0.25, -0.2) is 4.39 Å². The standard InChI is InChI=1S/C18H19FN2/c1-14-5-3-7-17(11-14)21(2)13-16-9-8-15(6-4-10-20)12-18(16)19/h3,5,7-9,11-12H,10,13,20H2,1-2H3. The van der Waals surface area contributed by atoms with Gasteiger partial charge in [0, 0.05) is 30.4 Å². The van der Waals surface area contributed by atoms with Crippen LogP contribution in [0.25, 0.3) is 0 Å². The summed E-state index contributed by atoms with van der Waals surface area (Å²) in [4.78, 5) is 2.02. The summed E-state index contributed by atoms with van der Waals surface area (Å²) < 4.78 is 14.1. The van der Waals surface area contributed by atoms with Crippen molar-refractivity contribution in [3.8, 4) is 11.8 Å². The Bertz CT molecular complexity index is 683. The first-order chi connectivity index (χ1) is 10.1. The molecule has 2 aromatic rings. The first kappa shape index (κ1) is 15.1. The lowest BCUT2D eigenvalue weighted by Gasteiger charge is -2.20. The fraction of sp³-hybridized carbons (Fsp3) is 0.222. The fourth-order valence-electron chi connectivity index (χ4n) is 2.12. The van der Waals surface area contributed by atoms with Gasteiger partial charge in [0.1, 0.15) is 5.82 Å². The maximum absolute atomic E-state index is 14.1. The molecule has 0 atom stereocenters. The summed E-state index contributed by atoms with van der Waals surface area (Å²) in [5, 5.41) is 0. The van der Waals surface area contributed by atoms with Gasteiger partial charge in [0.25, 0.3) is 0 Å². The van der Waals surface area contributed by atoms with E-state index in [4.69, 9.17) is 5.73 Å². The number of halogens is 1. The van der Waals surface area contributed by atoms with Crippen LogP contribution < -0.4 is 10.6 Å². The van der Waals surface area contributed by atoms with E-state index < -0.39 is 0 Å². The Balaban J connectivity index is 2.16. The van der Waals surface area contributed by atoms with E-state index in [1.165, 1.54) is 11.6 Å². The molecule has 2 N–H and O–H groups in total. The zero-order valence-corrected chi connectivity index (χ0v) is 12.4. The van der Waals surface area contributed by atoms with Gasteiger partial charge in [-0.1, -0.05) is 30.0 Å². The second kappa shape index (κ2) is 6.92. The van der Waals surface area contributed by atoms with Crippen LogP contribution in [0.2, 0.25) is 0 Å². The molecule has 2 nitrogen and oxygen atoms in total. The first-order valence-corrected chi connectivity index (χ1v) is 6.85. The molecule has 0 aromatic heterocycles. The lowest BCUT2D eigenvalue weighted by Crippen LogP contribution is -2.17. The monoisotopic (exact) mass is 282 g/mol. The van der Waals surface area contributed by atoms with Crippen LogP contribution in [0.1, 0.15) is 16.7 Å². The minimum atomic E-state index is -0.238. The molecule has 0 aliphatic rings. The van der Waals surface area contributed by atoms with Gasteiger partial charge < -0.3 is 10.6 Å². The van der Waals surface area contributed by atoms with E-state index in [0.29, 0.717) is 17.7 Å². The topological polar surface area (TPSA) is 29.3 Å². The summed E-state index contributed by atoms with van der Waals surface area (Å²) in [5.41, 5.74) is 8.87. The summed E-state index contributed by atoms with van der Waals surface area (Å²) in [6, 6.07) is 13.2. The van der Waals surface area contributed by atoms with E-state index in [1.54, 1.807) is 6.07 Å². The van der Waals surface area contributed by atoms with Crippen molar-refractivity contribution in [2.24, 2.45) is 5.73 Å². The van der Waals surface area contributed by atoms with Crippen molar-refractivity contribution >= 4 is 5.69 Å². The van der Waals surface area contributed by atoms with E-state index >= 15 is 0 Å². The average molecular weight is 282 g/mol. The number of aryl methyl sites for hydroxylation is 1. The Hall–Kier alpha value is -2.31. The van der Waals surface area contributed by atoms with E-state index in [0.717, 1.165) is 5.69 Å². The minimum Gasteiger partial charge on any atom is -0.370 e. The molecule has 0 amide bonds. The van der Waals surface area contributed by atoms with Crippen LogP contribution in [0.15, 0.2) is 42.5 Å². The van der Waals surface area contributed by atoms with E-state index in [2.05, 4.69) is 17.9 Å². The maximum atomic E-state index is 14.1. The van der Waals surface area contributed by atoms with Crippen molar-refractivity contribution in [1.29, 1.82) is 0 Å². The predicted molar refractivity (Wildman–Crippen MR) is 85.6 cm³/mol. The lowest BCUT2D eigenvalue weighted by molar-refractivity contribution is 0.607. The van der Waals surface area contributed by atoms with Gasteiger partial charge in [-0.05, 0) is 36.8 Å². The molecule has 21 heavy (non-hydrogen) atoms.